The SMILES string of the molecule is CC(Cc1ccsc1)NC(C)C(=O)NC1CCCC1. The van der Waals surface area contributed by atoms with Crippen LogP contribution >= 0.6 is 11.3 Å². The molecule has 0 radical (unpaired) electrons. The van der Waals surface area contributed by atoms with Gasteiger partial charge in [-0.15, -0.1) is 0 Å². The van der Waals surface area contributed by atoms with E-state index in [2.05, 4.69) is 34.4 Å². The first-order valence-electron chi connectivity index (χ1n) is 7.22. The van der Waals surface area contributed by atoms with E-state index in [-0.39, 0.29) is 11.9 Å². The van der Waals surface area contributed by atoms with Gasteiger partial charge < -0.3 is 10.6 Å². The molecule has 4 heteroatoms. The van der Waals surface area contributed by atoms with Gasteiger partial charge in [0, 0.05) is 12.1 Å². The average molecular weight is 280 g/mol. The standard InChI is InChI=1S/C15H24N2OS/c1-11(9-13-7-8-19-10-13)16-12(2)15(18)17-14-5-3-4-6-14/h7-8,10-12,14,16H,3-6,9H2,1-2H3,(H,17,18). The molecule has 1 aliphatic rings. The molecule has 2 N–H and O–H groups in total. The third-order valence-corrected chi connectivity index (χ3v) is 4.48. The van der Waals surface area contributed by atoms with Gasteiger partial charge in [0.1, 0.15) is 0 Å². The monoisotopic (exact) mass is 280 g/mol. The maximum Gasteiger partial charge on any atom is 0.237 e. The molecule has 1 aromatic heterocycles. The maximum absolute atomic E-state index is 12.1. The van der Waals surface area contributed by atoms with Crippen molar-refractivity contribution < 1.29 is 4.79 Å². The van der Waals surface area contributed by atoms with Crippen LogP contribution in [0.3, 0.4) is 0 Å². The smallest absolute Gasteiger partial charge is 0.237 e. The highest BCUT2D eigenvalue weighted by atomic mass is 32.1. The van der Waals surface area contributed by atoms with Crippen LogP contribution in [0, 0.1) is 0 Å². The van der Waals surface area contributed by atoms with Gasteiger partial charge in [0.2, 0.25) is 5.91 Å². The number of hydrogen-bond acceptors (Lipinski definition) is 3. The minimum atomic E-state index is -0.116. The number of nitrogens with one attached hydrogen (secondary N) is 2. The maximum atomic E-state index is 12.1. The number of amides is 1. The Kier molecular flexibility index (Phi) is 5.40. The lowest BCUT2D eigenvalue weighted by Gasteiger charge is -2.21. The summed E-state index contributed by atoms with van der Waals surface area (Å²) in [5.74, 6) is 0.143. The first kappa shape index (κ1) is 14.5. The Bertz CT molecular complexity index is 385. The topological polar surface area (TPSA) is 41.1 Å². The molecule has 1 fully saturated rings. The van der Waals surface area contributed by atoms with Crippen LogP contribution in [0.15, 0.2) is 16.8 Å². The van der Waals surface area contributed by atoms with E-state index in [0.29, 0.717) is 12.1 Å². The lowest BCUT2D eigenvalue weighted by molar-refractivity contribution is -0.123. The molecule has 19 heavy (non-hydrogen) atoms. The van der Waals surface area contributed by atoms with E-state index in [9.17, 15) is 4.79 Å². The van der Waals surface area contributed by atoms with Crippen LogP contribution < -0.4 is 10.6 Å². The molecule has 1 heterocycles. The summed E-state index contributed by atoms with van der Waals surface area (Å²) in [6.07, 6.45) is 5.76. The minimum absolute atomic E-state index is 0.116. The molecule has 106 valence electrons. The van der Waals surface area contributed by atoms with Crippen molar-refractivity contribution in [1.29, 1.82) is 0 Å². The second-order valence-corrected chi connectivity index (χ2v) is 6.40. The van der Waals surface area contributed by atoms with E-state index in [1.54, 1.807) is 11.3 Å². The molecule has 2 atom stereocenters. The van der Waals surface area contributed by atoms with Crippen molar-refractivity contribution in [2.45, 2.75) is 64.1 Å². The predicted octanol–water partition coefficient (Wildman–Crippen LogP) is 2.72. The van der Waals surface area contributed by atoms with Crippen molar-refractivity contribution in [1.82, 2.24) is 10.6 Å². The van der Waals surface area contributed by atoms with Crippen LogP contribution in [0.4, 0.5) is 0 Å². The van der Waals surface area contributed by atoms with Gasteiger partial charge >= 0.3 is 0 Å². The van der Waals surface area contributed by atoms with E-state index in [0.717, 1.165) is 19.3 Å². The van der Waals surface area contributed by atoms with Crippen molar-refractivity contribution >= 4 is 17.2 Å². The fourth-order valence-corrected chi connectivity index (χ4v) is 3.40. The highest BCUT2D eigenvalue weighted by Crippen LogP contribution is 2.17. The quantitative estimate of drug-likeness (QED) is 0.841. The highest BCUT2D eigenvalue weighted by Gasteiger charge is 2.21. The predicted molar refractivity (Wildman–Crippen MR) is 80.5 cm³/mol. The number of thiophene rings is 1. The largest absolute Gasteiger partial charge is 0.352 e. The first-order valence-corrected chi connectivity index (χ1v) is 8.17. The van der Waals surface area contributed by atoms with E-state index in [1.807, 2.05) is 6.92 Å². The molecule has 0 aliphatic heterocycles. The van der Waals surface area contributed by atoms with Crippen LogP contribution in [-0.2, 0) is 11.2 Å². The summed E-state index contributed by atoms with van der Waals surface area (Å²) in [6, 6.07) is 2.75. The zero-order valence-electron chi connectivity index (χ0n) is 11.8. The number of carbonyl (C=O) groups is 1. The lowest BCUT2D eigenvalue weighted by Crippen LogP contribution is -2.48. The van der Waals surface area contributed by atoms with Crippen molar-refractivity contribution in [3.05, 3.63) is 22.4 Å². The van der Waals surface area contributed by atoms with E-state index in [1.165, 1.54) is 18.4 Å². The molecule has 3 nitrogen and oxygen atoms in total. The molecular weight excluding hydrogens is 256 g/mol. The van der Waals surface area contributed by atoms with Crippen molar-refractivity contribution in [2.75, 3.05) is 0 Å². The lowest BCUT2D eigenvalue weighted by atomic mass is 10.1. The molecule has 0 bridgehead atoms. The van der Waals surface area contributed by atoms with Gasteiger partial charge in [0.15, 0.2) is 0 Å². The van der Waals surface area contributed by atoms with Gasteiger partial charge in [0.05, 0.1) is 6.04 Å². The van der Waals surface area contributed by atoms with Gasteiger partial charge in [-0.1, -0.05) is 12.8 Å². The second-order valence-electron chi connectivity index (χ2n) is 5.62. The Hall–Kier alpha value is -0.870. The summed E-state index contributed by atoms with van der Waals surface area (Å²) < 4.78 is 0. The fraction of sp³-hybridized carbons (Fsp3) is 0.667. The van der Waals surface area contributed by atoms with Crippen LogP contribution in [0.25, 0.3) is 0 Å². The Labute approximate surface area is 119 Å². The average Bonchev–Trinajstić information content (AvgIpc) is 3.01. The molecule has 1 aromatic rings. The van der Waals surface area contributed by atoms with Crippen molar-refractivity contribution in [3.63, 3.8) is 0 Å². The van der Waals surface area contributed by atoms with Crippen molar-refractivity contribution in [3.8, 4) is 0 Å². The van der Waals surface area contributed by atoms with Crippen LogP contribution in [-0.4, -0.2) is 24.0 Å². The van der Waals surface area contributed by atoms with Gasteiger partial charge in [-0.25, -0.2) is 0 Å². The second kappa shape index (κ2) is 7.06. The van der Waals surface area contributed by atoms with Gasteiger partial charge in [-0.2, -0.15) is 11.3 Å². The van der Waals surface area contributed by atoms with E-state index in [4.69, 9.17) is 0 Å². The number of hydrogen-bond donors (Lipinski definition) is 2. The molecular formula is C15H24N2OS. The molecule has 2 unspecified atom stereocenters. The Morgan fingerprint density at radius 3 is 2.79 bits per heavy atom. The first-order chi connectivity index (χ1) is 9.15. The zero-order valence-corrected chi connectivity index (χ0v) is 12.6. The molecule has 1 amide bonds. The van der Waals surface area contributed by atoms with E-state index < -0.39 is 0 Å². The zero-order chi connectivity index (χ0) is 13.7. The van der Waals surface area contributed by atoms with Gasteiger partial charge in [0.25, 0.3) is 0 Å². The van der Waals surface area contributed by atoms with Crippen molar-refractivity contribution in [2.24, 2.45) is 0 Å². The molecule has 2 rings (SSSR count). The Balaban J connectivity index is 1.72. The number of carbonyl (C=O) groups excluding carboxylic acids is 1. The Morgan fingerprint density at radius 1 is 1.42 bits per heavy atom. The summed E-state index contributed by atoms with van der Waals surface area (Å²) in [4.78, 5) is 12.1. The molecule has 1 saturated carbocycles. The summed E-state index contributed by atoms with van der Waals surface area (Å²) in [5, 5.41) is 10.8. The minimum Gasteiger partial charge on any atom is -0.352 e. The third kappa shape index (κ3) is 4.62. The molecule has 1 aliphatic carbocycles. The molecule has 0 aromatic carbocycles. The van der Waals surface area contributed by atoms with E-state index >= 15 is 0 Å². The van der Waals surface area contributed by atoms with Gasteiger partial charge in [-0.05, 0) is 55.5 Å². The molecule has 0 saturated heterocycles. The molecule has 0 spiro atoms. The Morgan fingerprint density at radius 2 is 2.16 bits per heavy atom. The highest BCUT2D eigenvalue weighted by molar-refractivity contribution is 7.07. The number of rotatable bonds is 6. The third-order valence-electron chi connectivity index (χ3n) is 3.75. The van der Waals surface area contributed by atoms with Gasteiger partial charge in [-0.3, -0.25) is 4.79 Å². The fourth-order valence-electron chi connectivity index (χ4n) is 2.72. The van der Waals surface area contributed by atoms with Crippen LogP contribution in [0.2, 0.25) is 0 Å². The summed E-state index contributed by atoms with van der Waals surface area (Å²) in [6.45, 7) is 4.09. The summed E-state index contributed by atoms with van der Waals surface area (Å²) in [7, 11) is 0. The van der Waals surface area contributed by atoms with Crippen LogP contribution in [0.5, 0.6) is 0 Å². The summed E-state index contributed by atoms with van der Waals surface area (Å²) in [5.41, 5.74) is 1.34. The summed E-state index contributed by atoms with van der Waals surface area (Å²) >= 11 is 1.72. The van der Waals surface area contributed by atoms with Crippen LogP contribution in [0.1, 0.15) is 45.1 Å². The normalized spacial score (nSPS) is 19.3.